The van der Waals surface area contributed by atoms with Gasteiger partial charge in [-0.2, -0.15) is 0 Å². The molecular weight excluding hydrogens is 428 g/mol. The molecule has 1 aromatic carbocycles. The van der Waals surface area contributed by atoms with Gasteiger partial charge < -0.3 is 19.7 Å². The lowest BCUT2D eigenvalue weighted by atomic mass is 9.95. The number of esters is 1. The molecule has 7 nitrogen and oxygen atoms in total. The second kappa shape index (κ2) is 11.4. The van der Waals surface area contributed by atoms with E-state index in [1.165, 1.54) is 44.9 Å². The van der Waals surface area contributed by atoms with Crippen LogP contribution in [0.25, 0.3) is 11.0 Å². The molecule has 182 valence electrons. The van der Waals surface area contributed by atoms with Crippen molar-refractivity contribution < 1.29 is 14.6 Å². The summed E-state index contributed by atoms with van der Waals surface area (Å²) in [6, 6.07) is 8.89. The maximum absolute atomic E-state index is 12.2. The Kier molecular flexibility index (Phi) is 8.03. The molecular formula is C27H36N4O3. The summed E-state index contributed by atoms with van der Waals surface area (Å²) in [6.45, 7) is 5.25. The van der Waals surface area contributed by atoms with Crippen LogP contribution >= 0.6 is 0 Å². The van der Waals surface area contributed by atoms with Crippen molar-refractivity contribution >= 4 is 23.0 Å². The van der Waals surface area contributed by atoms with E-state index >= 15 is 0 Å². The van der Waals surface area contributed by atoms with Crippen molar-refractivity contribution in [3.63, 3.8) is 0 Å². The number of ether oxygens (including phenoxy) is 1. The first-order valence-corrected chi connectivity index (χ1v) is 12.6. The number of imidazole rings is 1. The van der Waals surface area contributed by atoms with Crippen molar-refractivity contribution in [2.75, 3.05) is 18.5 Å². The van der Waals surface area contributed by atoms with Crippen molar-refractivity contribution in [3.8, 4) is 5.75 Å². The second-order valence-electron chi connectivity index (χ2n) is 9.29. The number of fused-ring (bicyclic) bond motifs is 1. The van der Waals surface area contributed by atoms with Crippen molar-refractivity contribution in [2.24, 2.45) is 5.92 Å². The number of anilines is 1. The molecule has 1 saturated carbocycles. The Hall–Kier alpha value is -3.09. The molecule has 0 saturated heterocycles. The minimum Gasteiger partial charge on any atom is -0.506 e. The van der Waals surface area contributed by atoms with Crippen LogP contribution in [-0.4, -0.2) is 38.8 Å². The smallest absolute Gasteiger partial charge is 0.338 e. The van der Waals surface area contributed by atoms with E-state index in [2.05, 4.69) is 10.3 Å². The van der Waals surface area contributed by atoms with Crippen LogP contribution in [0.4, 0.5) is 5.95 Å². The van der Waals surface area contributed by atoms with Crippen LogP contribution in [0.1, 0.15) is 80.0 Å². The fraction of sp³-hybridized carbons (Fsp3) is 0.519. The number of aromatic hydroxyl groups is 1. The van der Waals surface area contributed by atoms with Crippen molar-refractivity contribution in [3.05, 3.63) is 47.3 Å². The molecule has 0 radical (unpaired) electrons. The SMILES string of the molecule is CCOC(=O)c1ccc2c(c1)nc(NCCCC1CCCCCC1)n2Cc1nc(C)ccc1O. The van der Waals surface area contributed by atoms with Gasteiger partial charge in [-0.15, -0.1) is 0 Å². The summed E-state index contributed by atoms with van der Waals surface area (Å²) < 4.78 is 7.18. The monoisotopic (exact) mass is 464 g/mol. The molecule has 0 spiro atoms. The van der Waals surface area contributed by atoms with Gasteiger partial charge in [0.2, 0.25) is 5.95 Å². The number of aromatic nitrogens is 3. The molecule has 0 unspecified atom stereocenters. The molecule has 0 atom stereocenters. The summed E-state index contributed by atoms with van der Waals surface area (Å²) in [5.74, 6) is 1.37. The van der Waals surface area contributed by atoms with Gasteiger partial charge >= 0.3 is 5.97 Å². The average molecular weight is 465 g/mol. The van der Waals surface area contributed by atoms with Crippen LogP contribution in [0, 0.1) is 12.8 Å². The molecule has 0 amide bonds. The quantitative estimate of drug-likeness (QED) is 0.235. The molecule has 2 heterocycles. The standard InChI is InChI=1S/C27H36N4O3/c1-3-34-26(33)21-13-14-24-22(17-21)30-27(28-16-8-11-20-9-6-4-5-7-10-20)31(24)18-23-25(32)15-12-19(2)29-23/h12-15,17,20,32H,3-11,16,18H2,1-2H3,(H,28,30). The molecule has 34 heavy (non-hydrogen) atoms. The third-order valence-electron chi connectivity index (χ3n) is 6.70. The van der Waals surface area contributed by atoms with Crippen LogP contribution in [-0.2, 0) is 11.3 Å². The molecule has 2 aromatic heterocycles. The molecule has 2 N–H and O–H groups in total. The number of pyridine rings is 1. The molecule has 7 heteroatoms. The highest BCUT2D eigenvalue weighted by molar-refractivity contribution is 5.94. The number of benzene rings is 1. The Labute approximate surface area is 201 Å². The van der Waals surface area contributed by atoms with E-state index in [4.69, 9.17) is 9.72 Å². The highest BCUT2D eigenvalue weighted by Crippen LogP contribution is 2.28. The second-order valence-corrected chi connectivity index (χ2v) is 9.29. The Morgan fingerprint density at radius 1 is 1.15 bits per heavy atom. The van der Waals surface area contributed by atoms with E-state index in [-0.39, 0.29) is 11.7 Å². The van der Waals surface area contributed by atoms with Crippen molar-refractivity contribution in [1.29, 1.82) is 0 Å². The zero-order valence-electron chi connectivity index (χ0n) is 20.3. The van der Waals surface area contributed by atoms with Crippen molar-refractivity contribution in [2.45, 2.75) is 71.8 Å². The van der Waals surface area contributed by atoms with Gasteiger partial charge in [-0.1, -0.05) is 38.5 Å². The van der Waals surface area contributed by atoms with E-state index in [1.54, 1.807) is 31.2 Å². The van der Waals surface area contributed by atoms with Crippen LogP contribution < -0.4 is 5.32 Å². The van der Waals surface area contributed by atoms with Gasteiger partial charge in [0.1, 0.15) is 11.4 Å². The Morgan fingerprint density at radius 3 is 2.71 bits per heavy atom. The zero-order valence-corrected chi connectivity index (χ0v) is 20.3. The van der Waals surface area contributed by atoms with E-state index < -0.39 is 0 Å². The summed E-state index contributed by atoms with van der Waals surface area (Å²) in [4.78, 5) is 21.6. The van der Waals surface area contributed by atoms with E-state index in [1.807, 2.05) is 17.6 Å². The number of nitrogens with zero attached hydrogens (tertiary/aromatic N) is 3. The highest BCUT2D eigenvalue weighted by Gasteiger charge is 2.17. The molecule has 3 aromatic rings. The predicted octanol–water partition coefficient (Wildman–Crippen LogP) is 5.83. The average Bonchev–Trinajstić information content (AvgIpc) is 2.97. The summed E-state index contributed by atoms with van der Waals surface area (Å²) in [6.07, 6.45) is 10.5. The van der Waals surface area contributed by atoms with E-state index in [0.29, 0.717) is 29.9 Å². The van der Waals surface area contributed by atoms with Crippen LogP contribution in [0.3, 0.4) is 0 Å². The first-order chi connectivity index (χ1) is 16.5. The topological polar surface area (TPSA) is 89.3 Å². The fourth-order valence-corrected chi connectivity index (χ4v) is 4.88. The predicted molar refractivity (Wildman–Crippen MR) is 134 cm³/mol. The minimum absolute atomic E-state index is 0.162. The molecule has 1 aliphatic carbocycles. The Bertz CT molecular complexity index is 1120. The van der Waals surface area contributed by atoms with Gasteiger partial charge in [0.15, 0.2) is 0 Å². The minimum atomic E-state index is -0.352. The number of carbonyl (C=O) groups excluding carboxylic acids is 1. The van der Waals surface area contributed by atoms with Crippen LogP contribution in [0.5, 0.6) is 5.75 Å². The number of aryl methyl sites for hydroxylation is 1. The van der Waals surface area contributed by atoms with Crippen LogP contribution in [0.15, 0.2) is 30.3 Å². The summed E-state index contributed by atoms with van der Waals surface area (Å²) >= 11 is 0. The maximum Gasteiger partial charge on any atom is 0.338 e. The van der Waals surface area contributed by atoms with E-state index in [9.17, 15) is 9.90 Å². The first kappa shape index (κ1) is 24.0. The number of hydrogen-bond donors (Lipinski definition) is 2. The summed E-state index contributed by atoms with van der Waals surface area (Å²) in [7, 11) is 0. The molecule has 0 aliphatic heterocycles. The third-order valence-corrected chi connectivity index (χ3v) is 6.70. The van der Waals surface area contributed by atoms with Gasteiger partial charge in [0, 0.05) is 12.2 Å². The molecule has 1 fully saturated rings. The van der Waals surface area contributed by atoms with Gasteiger partial charge in [-0.25, -0.2) is 9.78 Å². The number of hydrogen-bond acceptors (Lipinski definition) is 6. The summed E-state index contributed by atoms with van der Waals surface area (Å²) in [5, 5.41) is 13.9. The molecule has 0 bridgehead atoms. The summed E-state index contributed by atoms with van der Waals surface area (Å²) in [5.41, 5.74) is 3.51. The fourth-order valence-electron chi connectivity index (χ4n) is 4.88. The zero-order chi connectivity index (χ0) is 23.9. The number of carbonyl (C=O) groups is 1. The first-order valence-electron chi connectivity index (χ1n) is 12.6. The lowest BCUT2D eigenvalue weighted by Crippen LogP contribution is -2.12. The van der Waals surface area contributed by atoms with Gasteiger partial charge in [0.05, 0.1) is 29.7 Å². The van der Waals surface area contributed by atoms with Crippen LogP contribution in [0.2, 0.25) is 0 Å². The van der Waals surface area contributed by atoms with Gasteiger partial charge in [-0.05, 0) is 62.9 Å². The highest BCUT2D eigenvalue weighted by atomic mass is 16.5. The molecule has 4 rings (SSSR count). The third kappa shape index (κ3) is 5.88. The van der Waals surface area contributed by atoms with Gasteiger partial charge in [-0.3, -0.25) is 4.98 Å². The normalized spacial score (nSPS) is 14.8. The largest absolute Gasteiger partial charge is 0.506 e. The van der Waals surface area contributed by atoms with Crippen molar-refractivity contribution in [1.82, 2.24) is 14.5 Å². The molecule has 1 aliphatic rings. The van der Waals surface area contributed by atoms with Gasteiger partial charge in [0.25, 0.3) is 0 Å². The lowest BCUT2D eigenvalue weighted by Gasteiger charge is -2.15. The Morgan fingerprint density at radius 2 is 1.94 bits per heavy atom. The number of rotatable bonds is 9. The Balaban J connectivity index is 1.55. The number of nitrogens with one attached hydrogen (secondary N) is 1. The van der Waals surface area contributed by atoms with E-state index in [0.717, 1.165) is 36.0 Å². The maximum atomic E-state index is 12.2. The lowest BCUT2D eigenvalue weighted by molar-refractivity contribution is 0.0526.